The van der Waals surface area contributed by atoms with Gasteiger partial charge < -0.3 is 5.32 Å². The van der Waals surface area contributed by atoms with Gasteiger partial charge >= 0.3 is 0 Å². The van der Waals surface area contributed by atoms with Gasteiger partial charge in [-0.3, -0.25) is 9.69 Å². The molecule has 0 aliphatic carbocycles. The lowest BCUT2D eigenvalue weighted by molar-refractivity contribution is -0.117. The van der Waals surface area contributed by atoms with Gasteiger partial charge in [-0.15, -0.1) is 11.8 Å². The number of halogens is 1. The molecule has 0 bridgehead atoms. The van der Waals surface area contributed by atoms with Crippen LogP contribution in [0.5, 0.6) is 0 Å². The van der Waals surface area contributed by atoms with Crippen LogP contribution in [0.1, 0.15) is 11.1 Å². The van der Waals surface area contributed by atoms with Crippen molar-refractivity contribution < 1.29 is 4.79 Å². The Hall–Kier alpha value is -1.49. The summed E-state index contributed by atoms with van der Waals surface area (Å²) in [7, 11) is 1.94. The molecule has 0 saturated heterocycles. The summed E-state index contributed by atoms with van der Waals surface area (Å²) in [6, 6.07) is 13.9. The highest BCUT2D eigenvalue weighted by Gasteiger charge is 2.10. The number of carbonyl (C=O) groups excluding carboxylic acids is 1. The molecule has 1 N–H and O–H groups in total. The summed E-state index contributed by atoms with van der Waals surface area (Å²) in [5.41, 5.74) is 2.84. The van der Waals surface area contributed by atoms with Crippen molar-refractivity contribution >= 4 is 35.0 Å². The quantitative estimate of drug-likeness (QED) is 0.783. The highest BCUT2D eigenvalue weighted by Crippen LogP contribution is 2.22. The zero-order valence-corrected chi connectivity index (χ0v) is 15.2. The normalized spacial score (nSPS) is 10.8. The molecule has 1 amide bonds. The fourth-order valence-corrected chi connectivity index (χ4v) is 2.86. The molecule has 122 valence electrons. The van der Waals surface area contributed by atoms with Gasteiger partial charge in [0.2, 0.25) is 5.91 Å². The molecular weight excluding hydrogens is 328 g/mol. The summed E-state index contributed by atoms with van der Waals surface area (Å²) in [5.74, 6) is -0.0430. The molecule has 0 aliphatic rings. The van der Waals surface area contributed by atoms with Crippen molar-refractivity contribution in [1.82, 2.24) is 4.90 Å². The van der Waals surface area contributed by atoms with Gasteiger partial charge in [0.05, 0.1) is 6.54 Å². The average molecular weight is 349 g/mol. The van der Waals surface area contributed by atoms with Crippen molar-refractivity contribution in [1.29, 1.82) is 0 Å². The SMILES string of the molecule is CSc1ccc(CN(C)CC(=O)Nc2cccc(Cl)c2C)cc1. The van der Waals surface area contributed by atoms with Crippen molar-refractivity contribution in [2.45, 2.75) is 18.4 Å². The fourth-order valence-electron chi connectivity index (χ4n) is 2.28. The van der Waals surface area contributed by atoms with E-state index in [-0.39, 0.29) is 5.91 Å². The van der Waals surface area contributed by atoms with Crippen molar-refractivity contribution in [3.8, 4) is 0 Å². The molecule has 2 aromatic carbocycles. The van der Waals surface area contributed by atoms with E-state index in [0.29, 0.717) is 11.6 Å². The number of amides is 1. The number of thioether (sulfide) groups is 1. The Morgan fingerprint density at radius 2 is 1.91 bits per heavy atom. The van der Waals surface area contributed by atoms with Crippen LogP contribution in [0.2, 0.25) is 5.02 Å². The molecule has 2 aromatic rings. The van der Waals surface area contributed by atoms with Gasteiger partial charge in [-0.25, -0.2) is 0 Å². The van der Waals surface area contributed by atoms with E-state index in [9.17, 15) is 4.79 Å². The number of rotatable bonds is 6. The number of likely N-dealkylation sites (N-methyl/N-ethyl adjacent to an activating group) is 1. The van der Waals surface area contributed by atoms with E-state index < -0.39 is 0 Å². The van der Waals surface area contributed by atoms with Crippen LogP contribution in [0.25, 0.3) is 0 Å². The summed E-state index contributed by atoms with van der Waals surface area (Å²) in [6.07, 6.45) is 2.06. The van der Waals surface area contributed by atoms with Crippen LogP contribution < -0.4 is 5.32 Å². The predicted molar refractivity (Wildman–Crippen MR) is 99.4 cm³/mol. The van der Waals surface area contributed by atoms with Crippen LogP contribution in [-0.4, -0.2) is 30.7 Å². The molecule has 0 heterocycles. The zero-order chi connectivity index (χ0) is 16.8. The lowest BCUT2D eigenvalue weighted by Gasteiger charge is -2.17. The Kier molecular flexibility index (Phi) is 6.51. The maximum absolute atomic E-state index is 12.2. The monoisotopic (exact) mass is 348 g/mol. The van der Waals surface area contributed by atoms with Gasteiger partial charge in [0.15, 0.2) is 0 Å². The minimum atomic E-state index is -0.0430. The van der Waals surface area contributed by atoms with E-state index in [1.54, 1.807) is 11.8 Å². The summed E-state index contributed by atoms with van der Waals surface area (Å²) in [6.45, 7) is 2.96. The van der Waals surface area contributed by atoms with E-state index in [1.165, 1.54) is 10.5 Å². The van der Waals surface area contributed by atoms with Gasteiger partial charge in [0.1, 0.15) is 0 Å². The van der Waals surface area contributed by atoms with Crippen LogP contribution in [0.3, 0.4) is 0 Å². The molecule has 0 atom stereocenters. The van der Waals surface area contributed by atoms with E-state index >= 15 is 0 Å². The second kappa shape index (κ2) is 8.39. The maximum atomic E-state index is 12.2. The van der Waals surface area contributed by atoms with Gasteiger partial charge in [0, 0.05) is 22.2 Å². The second-order valence-corrected chi connectivity index (χ2v) is 6.77. The molecule has 2 rings (SSSR count). The third kappa shape index (κ3) is 5.27. The lowest BCUT2D eigenvalue weighted by Crippen LogP contribution is -2.30. The molecule has 0 aromatic heterocycles. The molecule has 0 unspecified atom stereocenters. The van der Waals surface area contributed by atoms with Gasteiger partial charge in [-0.05, 0) is 55.6 Å². The number of hydrogen-bond donors (Lipinski definition) is 1. The summed E-state index contributed by atoms with van der Waals surface area (Å²) in [5, 5.41) is 3.58. The number of nitrogens with zero attached hydrogens (tertiary/aromatic N) is 1. The minimum Gasteiger partial charge on any atom is -0.325 e. The molecule has 0 radical (unpaired) electrons. The number of carbonyl (C=O) groups is 1. The Labute approximate surface area is 147 Å². The summed E-state index contributed by atoms with van der Waals surface area (Å²) < 4.78 is 0. The molecule has 0 saturated carbocycles. The number of nitrogens with one attached hydrogen (secondary N) is 1. The topological polar surface area (TPSA) is 32.3 Å². The Morgan fingerprint density at radius 3 is 2.57 bits per heavy atom. The highest BCUT2D eigenvalue weighted by molar-refractivity contribution is 7.98. The van der Waals surface area contributed by atoms with Crippen molar-refractivity contribution in [3.05, 3.63) is 58.6 Å². The van der Waals surface area contributed by atoms with Gasteiger partial charge in [-0.1, -0.05) is 29.8 Å². The largest absolute Gasteiger partial charge is 0.325 e. The minimum absolute atomic E-state index is 0.0430. The molecule has 23 heavy (non-hydrogen) atoms. The molecule has 0 spiro atoms. The van der Waals surface area contributed by atoms with Crippen LogP contribution >= 0.6 is 23.4 Å². The summed E-state index contributed by atoms with van der Waals surface area (Å²) >= 11 is 7.79. The molecule has 0 aliphatic heterocycles. The standard InChI is InChI=1S/C18H21ClN2OS/c1-13-16(19)5-4-6-17(13)20-18(22)12-21(2)11-14-7-9-15(23-3)10-8-14/h4-10H,11-12H2,1-3H3,(H,20,22). The van der Waals surface area contributed by atoms with Crippen molar-refractivity contribution in [2.75, 3.05) is 25.2 Å². The Morgan fingerprint density at radius 1 is 1.22 bits per heavy atom. The van der Waals surface area contributed by atoms with E-state index in [4.69, 9.17) is 11.6 Å². The summed E-state index contributed by atoms with van der Waals surface area (Å²) in [4.78, 5) is 15.4. The van der Waals surface area contributed by atoms with Crippen molar-refractivity contribution in [2.24, 2.45) is 0 Å². The number of hydrogen-bond acceptors (Lipinski definition) is 3. The molecule has 5 heteroatoms. The van der Waals surface area contributed by atoms with Gasteiger partial charge in [0.25, 0.3) is 0 Å². The predicted octanol–water partition coefficient (Wildman–Crippen LogP) is 4.44. The average Bonchev–Trinajstić information content (AvgIpc) is 2.52. The fraction of sp³-hybridized carbons (Fsp3) is 0.278. The van der Waals surface area contributed by atoms with Crippen LogP contribution in [0, 0.1) is 6.92 Å². The third-order valence-electron chi connectivity index (χ3n) is 3.57. The first-order valence-electron chi connectivity index (χ1n) is 7.36. The maximum Gasteiger partial charge on any atom is 0.238 e. The first-order valence-corrected chi connectivity index (χ1v) is 8.96. The lowest BCUT2D eigenvalue weighted by atomic mass is 10.2. The third-order valence-corrected chi connectivity index (χ3v) is 4.72. The van der Waals surface area contributed by atoms with Gasteiger partial charge in [-0.2, -0.15) is 0 Å². The number of anilines is 1. The molecule has 3 nitrogen and oxygen atoms in total. The zero-order valence-electron chi connectivity index (χ0n) is 13.6. The number of benzene rings is 2. The Balaban J connectivity index is 1.90. The Bertz CT molecular complexity index is 673. The van der Waals surface area contributed by atoms with E-state index in [1.807, 2.05) is 37.1 Å². The smallest absolute Gasteiger partial charge is 0.238 e. The first-order chi connectivity index (χ1) is 11.0. The van der Waals surface area contributed by atoms with Crippen molar-refractivity contribution in [3.63, 3.8) is 0 Å². The van der Waals surface area contributed by atoms with Crippen LogP contribution in [-0.2, 0) is 11.3 Å². The second-order valence-electron chi connectivity index (χ2n) is 5.48. The first kappa shape index (κ1) is 17.9. The van der Waals surface area contributed by atoms with Crippen LogP contribution in [0.4, 0.5) is 5.69 Å². The highest BCUT2D eigenvalue weighted by atomic mass is 35.5. The van der Waals surface area contributed by atoms with E-state index in [0.717, 1.165) is 17.8 Å². The molecule has 0 fully saturated rings. The van der Waals surface area contributed by atoms with Crippen LogP contribution in [0.15, 0.2) is 47.4 Å². The molecular formula is C18H21ClN2OS. The van der Waals surface area contributed by atoms with E-state index in [2.05, 4.69) is 35.8 Å².